The average Bonchev–Trinajstić information content (AvgIpc) is 3.04. The minimum absolute atomic E-state index is 0.220. The van der Waals surface area contributed by atoms with Crippen molar-refractivity contribution in [2.75, 3.05) is 5.73 Å². The van der Waals surface area contributed by atoms with Crippen molar-refractivity contribution in [1.82, 2.24) is 14.6 Å². The van der Waals surface area contributed by atoms with Crippen LogP contribution in [0.4, 0.5) is 10.6 Å². The zero-order chi connectivity index (χ0) is 23.7. The van der Waals surface area contributed by atoms with E-state index in [4.69, 9.17) is 19.9 Å². The molecule has 180 valence electrons. The van der Waals surface area contributed by atoms with Gasteiger partial charge in [-0.3, -0.25) is 0 Å². The Balaban J connectivity index is 1.28. The van der Waals surface area contributed by atoms with Crippen LogP contribution in [0.25, 0.3) is 5.52 Å². The third kappa shape index (κ3) is 3.30. The molecule has 2 aromatic rings. The minimum atomic E-state index is -1.73. The molecule has 0 spiro atoms. The summed E-state index contributed by atoms with van der Waals surface area (Å²) in [6.07, 6.45) is -0.0669. The first kappa shape index (κ1) is 22.4. The van der Waals surface area contributed by atoms with Crippen LogP contribution in [0.1, 0.15) is 52.7 Å². The fourth-order valence-corrected chi connectivity index (χ4v) is 5.76. The van der Waals surface area contributed by atoms with Crippen molar-refractivity contribution in [1.29, 1.82) is 0 Å². The monoisotopic (exact) mass is 460 g/mol. The Bertz CT molecular complexity index is 1070. The summed E-state index contributed by atoms with van der Waals surface area (Å²) in [5.41, 5.74) is 3.97. The van der Waals surface area contributed by atoms with Crippen LogP contribution in [0.5, 0.6) is 0 Å². The van der Waals surface area contributed by atoms with Crippen LogP contribution < -0.4 is 5.73 Å². The van der Waals surface area contributed by atoms with E-state index in [9.17, 15) is 15.0 Å². The number of nitrogen functional groups attached to an aromatic ring is 1. The lowest BCUT2D eigenvalue weighted by atomic mass is 9.75. The number of rotatable bonds is 4. The Labute approximate surface area is 192 Å². The maximum absolute atomic E-state index is 12.6. The van der Waals surface area contributed by atoms with E-state index < -0.39 is 35.7 Å². The molecule has 33 heavy (non-hydrogen) atoms. The maximum Gasteiger partial charge on any atom is 0.509 e. The lowest BCUT2D eigenvalue weighted by molar-refractivity contribution is -0.135. The van der Waals surface area contributed by atoms with E-state index in [1.807, 2.05) is 0 Å². The van der Waals surface area contributed by atoms with E-state index >= 15 is 0 Å². The van der Waals surface area contributed by atoms with Gasteiger partial charge in [0.1, 0.15) is 35.8 Å². The number of fused-ring (bicyclic) bond motifs is 2. The van der Waals surface area contributed by atoms with Crippen molar-refractivity contribution in [2.24, 2.45) is 17.8 Å². The number of aliphatic hydroxyl groups excluding tert-OH is 1. The number of anilines is 1. The Hall–Kier alpha value is -2.43. The van der Waals surface area contributed by atoms with Gasteiger partial charge < -0.3 is 30.2 Å². The van der Waals surface area contributed by atoms with Crippen molar-refractivity contribution in [2.45, 2.75) is 82.6 Å². The van der Waals surface area contributed by atoms with Crippen molar-refractivity contribution in [3.8, 4) is 0 Å². The first-order valence-electron chi connectivity index (χ1n) is 11.6. The van der Waals surface area contributed by atoms with E-state index in [1.54, 1.807) is 19.1 Å². The molecule has 5 rings (SSSR count). The molecule has 4 N–H and O–H groups in total. The van der Waals surface area contributed by atoms with Gasteiger partial charge in [0.25, 0.3) is 0 Å². The molecule has 0 bridgehead atoms. The summed E-state index contributed by atoms with van der Waals surface area (Å²) in [6.45, 7) is 8.07. The van der Waals surface area contributed by atoms with E-state index in [0.29, 0.717) is 23.0 Å². The summed E-state index contributed by atoms with van der Waals surface area (Å²) in [5, 5.41) is 26.4. The van der Waals surface area contributed by atoms with Crippen molar-refractivity contribution < 1.29 is 29.2 Å². The van der Waals surface area contributed by atoms with E-state index in [0.717, 1.165) is 19.3 Å². The molecule has 2 aliphatic carbocycles. The molecule has 0 radical (unpaired) electrons. The van der Waals surface area contributed by atoms with Crippen LogP contribution in [-0.2, 0) is 19.8 Å². The number of carbonyl (C=O) groups excluding carboxylic acids is 1. The summed E-state index contributed by atoms with van der Waals surface area (Å²) in [7, 11) is 0. The van der Waals surface area contributed by atoms with Gasteiger partial charge >= 0.3 is 6.16 Å². The molecular formula is C23H32N4O6. The maximum atomic E-state index is 12.6. The molecule has 1 unspecified atom stereocenters. The van der Waals surface area contributed by atoms with Crippen molar-refractivity contribution in [3.63, 3.8) is 0 Å². The Morgan fingerprint density at radius 3 is 2.76 bits per heavy atom. The summed E-state index contributed by atoms with van der Waals surface area (Å²) >= 11 is 0. The number of ether oxygens (including phenoxy) is 3. The quantitative estimate of drug-likeness (QED) is 0.584. The smallest absolute Gasteiger partial charge is 0.431 e. The second kappa shape index (κ2) is 7.54. The number of carbonyl (C=O) groups is 1. The lowest BCUT2D eigenvalue weighted by Gasteiger charge is -2.36. The van der Waals surface area contributed by atoms with E-state index in [1.165, 1.54) is 10.8 Å². The predicted molar refractivity (Wildman–Crippen MR) is 117 cm³/mol. The number of nitrogens with zero attached hydrogens (tertiary/aromatic N) is 3. The molecule has 10 nitrogen and oxygen atoms in total. The highest BCUT2D eigenvalue weighted by Gasteiger charge is 2.82. The fraction of sp³-hybridized carbons (Fsp3) is 0.696. The van der Waals surface area contributed by atoms with Crippen LogP contribution in [0.2, 0.25) is 0 Å². The Morgan fingerprint density at radius 2 is 2.09 bits per heavy atom. The van der Waals surface area contributed by atoms with E-state index in [2.05, 4.69) is 30.9 Å². The van der Waals surface area contributed by atoms with Crippen LogP contribution in [-0.4, -0.2) is 61.0 Å². The summed E-state index contributed by atoms with van der Waals surface area (Å²) in [6, 6.07) is 3.44. The average molecular weight is 461 g/mol. The zero-order valence-corrected chi connectivity index (χ0v) is 19.3. The van der Waals surface area contributed by atoms with Gasteiger partial charge in [-0.25, -0.2) is 14.3 Å². The minimum Gasteiger partial charge on any atom is -0.431 e. The number of aromatic nitrogens is 3. The number of hydrogen-bond donors (Lipinski definition) is 3. The number of aliphatic hydroxyl groups is 2. The molecule has 0 aromatic carbocycles. The van der Waals surface area contributed by atoms with Gasteiger partial charge in [0.05, 0.1) is 5.69 Å². The van der Waals surface area contributed by atoms with Gasteiger partial charge in [-0.15, -0.1) is 0 Å². The number of hydrogen-bond acceptors (Lipinski definition) is 9. The largest absolute Gasteiger partial charge is 0.509 e. The predicted octanol–water partition coefficient (Wildman–Crippen LogP) is 2.01. The molecule has 2 saturated carbocycles. The highest BCUT2D eigenvalue weighted by Crippen LogP contribution is 2.59. The summed E-state index contributed by atoms with van der Waals surface area (Å²) in [5.74, 6) is 1.43. The molecule has 10 heteroatoms. The highest BCUT2D eigenvalue weighted by atomic mass is 16.8. The molecule has 0 amide bonds. The second-order valence-electron chi connectivity index (χ2n) is 10.4. The van der Waals surface area contributed by atoms with Gasteiger partial charge in [-0.1, -0.05) is 27.2 Å². The zero-order valence-electron chi connectivity index (χ0n) is 19.3. The lowest BCUT2D eigenvalue weighted by Crippen LogP contribution is -2.47. The molecule has 2 aromatic heterocycles. The van der Waals surface area contributed by atoms with Gasteiger partial charge in [-0.2, -0.15) is 5.10 Å². The first-order chi connectivity index (χ1) is 15.6. The van der Waals surface area contributed by atoms with Gasteiger partial charge in [0.15, 0.2) is 17.5 Å². The summed E-state index contributed by atoms with van der Waals surface area (Å²) < 4.78 is 18.7. The molecular weight excluding hydrogens is 428 g/mol. The van der Waals surface area contributed by atoms with E-state index in [-0.39, 0.29) is 17.8 Å². The topological polar surface area (TPSA) is 141 Å². The van der Waals surface area contributed by atoms with Crippen LogP contribution in [0, 0.1) is 17.8 Å². The molecule has 3 fully saturated rings. The summed E-state index contributed by atoms with van der Waals surface area (Å²) in [4.78, 5) is 16.6. The highest BCUT2D eigenvalue weighted by molar-refractivity contribution is 5.66. The standard InChI is InChI=1S/C23H32N4O6/c1-11(2)13-6-5-12(3)9-15(13)31-21(29)32-17-18-23(17,30)20(28)22(4,33-18)16-8-7-14-19(24)25-10-26-27(14)16/h7-8,10-13,15,17-18,20,28,30H,5-6,9H2,1-4H3,(H2,24,25,26)/t12-,13+,15-,17?,18-,20+,22+,23-/m1/s1. The SMILES string of the molecule is CC(C)[C@@H]1CC[C@@H](C)C[C@H]1OC(=O)OC1[C@H]2O[C@@](C)(c3ccc4c(N)ncnn34)[C@H](O)[C@@]12O. The molecule has 1 aliphatic heterocycles. The first-order valence-corrected chi connectivity index (χ1v) is 11.6. The number of nitrogens with two attached hydrogens (primary N) is 1. The van der Waals surface area contributed by atoms with Crippen molar-refractivity contribution >= 4 is 17.5 Å². The van der Waals surface area contributed by atoms with Crippen molar-refractivity contribution in [3.05, 3.63) is 24.2 Å². The fourth-order valence-electron chi connectivity index (χ4n) is 5.76. The van der Waals surface area contributed by atoms with Gasteiger partial charge in [0, 0.05) is 0 Å². The molecule has 1 saturated heterocycles. The molecule has 3 aliphatic rings. The van der Waals surface area contributed by atoms with Crippen LogP contribution >= 0.6 is 0 Å². The third-order valence-corrected chi connectivity index (χ3v) is 7.83. The van der Waals surface area contributed by atoms with Crippen LogP contribution in [0.3, 0.4) is 0 Å². The Kier molecular flexibility index (Phi) is 5.11. The normalized spacial score (nSPS) is 40.1. The van der Waals surface area contributed by atoms with Crippen LogP contribution in [0.15, 0.2) is 18.5 Å². The second-order valence-corrected chi connectivity index (χ2v) is 10.4. The molecule has 3 heterocycles. The Morgan fingerprint density at radius 1 is 1.33 bits per heavy atom. The van der Waals surface area contributed by atoms with Gasteiger partial charge in [-0.05, 0) is 49.7 Å². The molecule has 8 atom stereocenters. The van der Waals surface area contributed by atoms with Gasteiger partial charge in [0.2, 0.25) is 0 Å². The third-order valence-electron chi connectivity index (χ3n) is 7.83.